The molecule has 4 heteroatoms. The molecule has 0 saturated carbocycles. The van der Waals surface area contributed by atoms with Gasteiger partial charge < -0.3 is 10.1 Å². The zero-order valence-corrected chi connectivity index (χ0v) is 16.2. The number of hydrogen-bond acceptors (Lipinski definition) is 2. The Morgan fingerprint density at radius 3 is 2.46 bits per heavy atom. The van der Waals surface area contributed by atoms with Crippen molar-refractivity contribution in [1.29, 1.82) is 0 Å². The highest BCUT2D eigenvalue weighted by atomic mass is 79.9. The normalized spacial score (nSPS) is 12.0. The van der Waals surface area contributed by atoms with E-state index in [0.717, 1.165) is 15.8 Å². The van der Waals surface area contributed by atoms with Crippen molar-refractivity contribution in [2.45, 2.75) is 26.1 Å². The minimum Gasteiger partial charge on any atom is -0.488 e. The summed E-state index contributed by atoms with van der Waals surface area (Å²) < 4.78 is 20.7. The number of ether oxygens (including phenoxy) is 1. The quantitative estimate of drug-likeness (QED) is 0.511. The summed E-state index contributed by atoms with van der Waals surface area (Å²) in [6.45, 7) is 2.99. The molecule has 0 aliphatic heterocycles. The van der Waals surface area contributed by atoms with Crippen LogP contribution in [0.15, 0.2) is 77.3 Å². The molecule has 0 amide bonds. The van der Waals surface area contributed by atoms with E-state index in [0.29, 0.717) is 12.1 Å². The van der Waals surface area contributed by atoms with E-state index in [-0.39, 0.29) is 18.5 Å². The molecule has 0 fully saturated rings. The van der Waals surface area contributed by atoms with Gasteiger partial charge in [-0.15, -0.1) is 0 Å². The van der Waals surface area contributed by atoms with Gasteiger partial charge in [-0.1, -0.05) is 64.5 Å². The van der Waals surface area contributed by atoms with Crippen LogP contribution >= 0.6 is 15.9 Å². The molecule has 0 spiro atoms. The van der Waals surface area contributed by atoms with Gasteiger partial charge in [0.2, 0.25) is 0 Å². The van der Waals surface area contributed by atoms with Crippen LogP contribution in [-0.2, 0) is 13.2 Å². The van der Waals surface area contributed by atoms with Crippen LogP contribution in [0, 0.1) is 5.82 Å². The van der Waals surface area contributed by atoms with Crippen LogP contribution in [0.3, 0.4) is 0 Å². The van der Waals surface area contributed by atoms with E-state index in [1.807, 2.05) is 42.5 Å². The van der Waals surface area contributed by atoms with E-state index < -0.39 is 0 Å². The topological polar surface area (TPSA) is 21.3 Å². The van der Waals surface area contributed by atoms with Gasteiger partial charge in [0.15, 0.2) is 0 Å². The molecular formula is C22H21BrFNO. The van der Waals surface area contributed by atoms with Gasteiger partial charge >= 0.3 is 0 Å². The molecule has 2 nitrogen and oxygen atoms in total. The lowest BCUT2D eigenvalue weighted by molar-refractivity contribution is 0.295. The Kier molecular flexibility index (Phi) is 6.42. The fourth-order valence-corrected chi connectivity index (χ4v) is 3.13. The van der Waals surface area contributed by atoms with E-state index in [1.165, 1.54) is 11.6 Å². The Balaban J connectivity index is 1.69. The smallest absolute Gasteiger partial charge is 0.129 e. The van der Waals surface area contributed by atoms with Crippen molar-refractivity contribution in [2.24, 2.45) is 0 Å². The molecule has 0 heterocycles. The van der Waals surface area contributed by atoms with E-state index >= 15 is 0 Å². The first-order chi connectivity index (χ1) is 12.6. The summed E-state index contributed by atoms with van der Waals surface area (Å²) in [4.78, 5) is 0. The van der Waals surface area contributed by atoms with Crippen molar-refractivity contribution < 1.29 is 9.13 Å². The van der Waals surface area contributed by atoms with E-state index in [1.54, 1.807) is 12.1 Å². The second-order valence-corrected chi connectivity index (χ2v) is 7.06. The number of nitrogens with one attached hydrogen (secondary N) is 1. The zero-order valence-electron chi connectivity index (χ0n) is 14.6. The molecule has 26 heavy (non-hydrogen) atoms. The monoisotopic (exact) mass is 413 g/mol. The molecule has 1 unspecified atom stereocenters. The molecule has 0 aliphatic rings. The predicted octanol–water partition coefficient (Wildman–Crippen LogP) is 6.02. The van der Waals surface area contributed by atoms with E-state index in [4.69, 9.17) is 4.74 Å². The minimum absolute atomic E-state index is 0.204. The molecule has 1 atom stereocenters. The Labute approximate surface area is 162 Å². The van der Waals surface area contributed by atoms with Crippen LogP contribution in [-0.4, -0.2) is 0 Å². The minimum atomic E-state index is -0.248. The maximum Gasteiger partial charge on any atom is 0.129 e. The average Bonchev–Trinajstić information content (AvgIpc) is 2.67. The number of benzene rings is 3. The molecule has 3 aromatic rings. The van der Waals surface area contributed by atoms with Gasteiger partial charge in [-0.3, -0.25) is 0 Å². The molecule has 0 aromatic heterocycles. The third-order valence-corrected chi connectivity index (χ3v) is 4.76. The molecule has 3 aromatic carbocycles. The summed E-state index contributed by atoms with van der Waals surface area (Å²) in [6, 6.07) is 23.1. The van der Waals surface area contributed by atoms with Crippen LogP contribution in [0.25, 0.3) is 0 Å². The Morgan fingerprint density at radius 2 is 1.69 bits per heavy atom. The number of rotatable bonds is 7. The first-order valence-corrected chi connectivity index (χ1v) is 9.36. The lowest BCUT2D eigenvalue weighted by Crippen LogP contribution is -2.18. The van der Waals surface area contributed by atoms with Crippen LogP contribution in [0.4, 0.5) is 4.39 Å². The second kappa shape index (κ2) is 8.97. The first-order valence-electron chi connectivity index (χ1n) is 8.56. The fraction of sp³-hybridized carbons (Fsp3) is 0.182. The summed E-state index contributed by atoms with van der Waals surface area (Å²) in [6.07, 6.45) is 0. The largest absolute Gasteiger partial charge is 0.488 e. The Morgan fingerprint density at radius 1 is 0.962 bits per heavy atom. The third-order valence-electron chi connectivity index (χ3n) is 4.26. The van der Waals surface area contributed by atoms with Crippen molar-refractivity contribution >= 4 is 15.9 Å². The van der Waals surface area contributed by atoms with E-state index in [9.17, 15) is 4.39 Å². The molecule has 1 N–H and O–H groups in total. The summed E-state index contributed by atoms with van der Waals surface area (Å²) in [5.74, 6) is 0.506. The number of halogens is 2. The lowest BCUT2D eigenvalue weighted by atomic mass is 10.1. The maximum absolute atomic E-state index is 13.8. The van der Waals surface area contributed by atoms with Crippen molar-refractivity contribution in [1.82, 2.24) is 5.32 Å². The van der Waals surface area contributed by atoms with Crippen molar-refractivity contribution in [3.63, 3.8) is 0 Å². The van der Waals surface area contributed by atoms with Gasteiger partial charge in [-0.2, -0.15) is 0 Å². The molecule has 0 saturated heterocycles. The Hall–Kier alpha value is -2.17. The summed E-state index contributed by atoms with van der Waals surface area (Å²) in [5.41, 5.74) is 2.81. The predicted molar refractivity (Wildman–Crippen MR) is 107 cm³/mol. The van der Waals surface area contributed by atoms with E-state index in [2.05, 4.69) is 40.3 Å². The molecule has 0 bridgehead atoms. The average molecular weight is 414 g/mol. The molecule has 134 valence electrons. The number of hydrogen-bond donors (Lipinski definition) is 1. The van der Waals surface area contributed by atoms with Crippen molar-refractivity contribution in [3.8, 4) is 5.75 Å². The van der Waals surface area contributed by atoms with Crippen molar-refractivity contribution in [3.05, 3.63) is 99.8 Å². The SMILES string of the molecule is CC(NCc1cc(Br)ccc1OCc1ccccc1F)c1ccccc1. The summed E-state index contributed by atoms with van der Waals surface area (Å²) >= 11 is 3.51. The van der Waals surface area contributed by atoms with Gasteiger partial charge in [0.05, 0.1) is 0 Å². The van der Waals surface area contributed by atoms with Gasteiger partial charge in [0.25, 0.3) is 0 Å². The standard InChI is InChI=1S/C22H21BrFNO/c1-16(17-7-3-2-4-8-17)25-14-19-13-20(23)11-12-22(19)26-15-18-9-5-6-10-21(18)24/h2-13,16,25H,14-15H2,1H3. The van der Waals surface area contributed by atoms with Gasteiger partial charge in [0.1, 0.15) is 18.2 Å². The molecular weight excluding hydrogens is 393 g/mol. The van der Waals surface area contributed by atoms with Gasteiger partial charge in [-0.05, 0) is 36.8 Å². The van der Waals surface area contributed by atoms with Crippen LogP contribution < -0.4 is 10.1 Å². The Bertz CT molecular complexity index is 854. The van der Waals surface area contributed by atoms with Gasteiger partial charge in [0, 0.05) is 28.2 Å². The maximum atomic E-state index is 13.8. The first kappa shape index (κ1) is 18.6. The highest BCUT2D eigenvalue weighted by Crippen LogP contribution is 2.25. The zero-order chi connectivity index (χ0) is 18.4. The van der Waals surface area contributed by atoms with Gasteiger partial charge in [-0.25, -0.2) is 4.39 Å². The lowest BCUT2D eigenvalue weighted by Gasteiger charge is -2.17. The molecule has 0 aliphatic carbocycles. The highest BCUT2D eigenvalue weighted by molar-refractivity contribution is 9.10. The fourth-order valence-electron chi connectivity index (χ4n) is 2.72. The van der Waals surface area contributed by atoms with Crippen LogP contribution in [0.5, 0.6) is 5.75 Å². The van der Waals surface area contributed by atoms with Crippen LogP contribution in [0.1, 0.15) is 29.7 Å². The second-order valence-electron chi connectivity index (χ2n) is 6.15. The highest BCUT2D eigenvalue weighted by Gasteiger charge is 2.10. The third kappa shape index (κ3) is 4.93. The summed E-state index contributed by atoms with van der Waals surface area (Å²) in [7, 11) is 0. The molecule has 3 rings (SSSR count). The van der Waals surface area contributed by atoms with Crippen molar-refractivity contribution in [2.75, 3.05) is 0 Å². The van der Waals surface area contributed by atoms with Crippen LogP contribution in [0.2, 0.25) is 0 Å². The molecule has 0 radical (unpaired) electrons. The summed E-state index contributed by atoms with van der Waals surface area (Å²) in [5, 5.41) is 3.52.